The Balaban J connectivity index is 3.05. The van der Waals surface area contributed by atoms with Crippen LogP contribution in [0.5, 0.6) is 0 Å². The minimum absolute atomic E-state index is 0.00464. The first-order chi connectivity index (χ1) is 7.99. The zero-order valence-corrected chi connectivity index (χ0v) is 10.3. The van der Waals surface area contributed by atoms with Crippen molar-refractivity contribution >= 4 is 11.5 Å². The smallest absolute Gasteiger partial charge is 0.334 e. The number of nitrogens with zero attached hydrogens (tertiary/aromatic N) is 3. The van der Waals surface area contributed by atoms with Gasteiger partial charge in [0, 0.05) is 26.1 Å². The summed E-state index contributed by atoms with van der Waals surface area (Å²) < 4.78 is 1.48. The molecule has 0 radical (unpaired) electrons. The van der Waals surface area contributed by atoms with Gasteiger partial charge in [-0.1, -0.05) is 13.8 Å². The van der Waals surface area contributed by atoms with Gasteiger partial charge in [0.2, 0.25) is 5.82 Å². The molecule has 0 saturated heterocycles. The molecule has 0 saturated carbocycles. The van der Waals surface area contributed by atoms with E-state index in [0.717, 1.165) is 0 Å². The summed E-state index contributed by atoms with van der Waals surface area (Å²) >= 11 is 0. The molecule has 0 aliphatic heterocycles. The first-order valence-corrected chi connectivity index (χ1v) is 5.55. The number of aryl methyl sites for hydroxylation is 1. The van der Waals surface area contributed by atoms with E-state index in [1.807, 2.05) is 13.8 Å². The summed E-state index contributed by atoms with van der Waals surface area (Å²) in [6.45, 7) is 4.27. The van der Waals surface area contributed by atoms with Crippen molar-refractivity contribution in [2.45, 2.75) is 26.2 Å². The third-order valence-electron chi connectivity index (χ3n) is 2.41. The molecule has 0 spiro atoms. The van der Waals surface area contributed by atoms with E-state index in [4.69, 9.17) is 5.11 Å². The molecule has 0 amide bonds. The van der Waals surface area contributed by atoms with Gasteiger partial charge in [0.1, 0.15) is 5.69 Å². The van der Waals surface area contributed by atoms with E-state index in [2.05, 4.69) is 10.4 Å². The summed E-state index contributed by atoms with van der Waals surface area (Å²) in [5, 5.41) is 26.8. The van der Waals surface area contributed by atoms with Crippen molar-refractivity contribution in [2.24, 2.45) is 7.05 Å². The predicted molar refractivity (Wildman–Crippen MR) is 64.1 cm³/mol. The lowest BCUT2D eigenvalue weighted by Crippen LogP contribution is -2.09. The number of aliphatic hydroxyl groups excluding tert-OH is 1. The van der Waals surface area contributed by atoms with Gasteiger partial charge in [-0.15, -0.1) is 0 Å². The standard InChI is InChI=1S/C10H18N4O3/c1-7(2)8-9(14(16)17)10(13(3)12-8)11-5-4-6-15/h7,11,15H,4-6H2,1-3H3. The number of nitrogens with one attached hydrogen (secondary N) is 1. The highest BCUT2D eigenvalue weighted by molar-refractivity contribution is 5.60. The highest BCUT2D eigenvalue weighted by Gasteiger charge is 2.27. The van der Waals surface area contributed by atoms with Crippen LogP contribution in [-0.4, -0.2) is 33.0 Å². The van der Waals surface area contributed by atoms with Crippen molar-refractivity contribution in [3.8, 4) is 0 Å². The molecule has 1 aromatic rings. The van der Waals surface area contributed by atoms with E-state index in [0.29, 0.717) is 24.5 Å². The van der Waals surface area contributed by atoms with Gasteiger partial charge in [0.05, 0.1) is 4.92 Å². The molecule has 0 aliphatic carbocycles. The van der Waals surface area contributed by atoms with Gasteiger partial charge < -0.3 is 10.4 Å². The number of anilines is 1. The molecule has 2 N–H and O–H groups in total. The first kappa shape index (κ1) is 13.4. The molecule has 0 atom stereocenters. The maximum Gasteiger partial charge on any atom is 0.334 e. The van der Waals surface area contributed by atoms with Crippen LogP contribution in [-0.2, 0) is 7.05 Å². The van der Waals surface area contributed by atoms with Crippen molar-refractivity contribution in [3.63, 3.8) is 0 Å². The van der Waals surface area contributed by atoms with Gasteiger partial charge in [-0.2, -0.15) is 5.10 Å². The van der Waals surface area contributed by atoms with E-state index in [-0.39, 0.29) is 18.2 Å². The second-order valence-corrected chi connectivity index (χ2v) is 4.12. The molecule has 96 valence electrons. The van der Waals surface area contributed by atoms with Crippen LogP contribution >= 0.6 is 0 Å². The number of hydrogen-bond donors (Lipinski definition) is 2. The van der Waals surface area contributed by atoms with Crippen molar-refractivity contribution in [3.05, 3.63) is 15.8 Å². The molecule has 1 aromatic heterocycles. The van der Waals surface area contributed by atoms with E-state index in [1.165, 1.54) is 4.68 Å². The molecule has 0 aromatic carbocycles. The Morgan fingerprint density at radius 2 is 2.24 bits per heavy atom. The summed E-state index contributed by atoms with van der Waals surface area (Å²) in [6, 6.07) is 0. The van der Waals surface area contributed by atoms with Gasteiger partial charge in [-0.3, -0.25) is 10.1 Å². The molecule has 0 fully saturated rings. The van der Waals surface area contributed by atoms with Crippen LogP contribution in [0.15, 0.2) is 0 Å². The number of aliphatic hydroxyl groups is 1. The highest BCUT2D eigenvalue weighted by atomic mass is 16.6. The average Bonchev–Trinajstić information content (AvgIpc) is 2.57. The Hall–Kier alpha value is -1.63. The maximum absolute atomic E-state index is 11.1. The van der Waals surface area contributed by atoms with Crippen LogP contribution in [0, 0.1) is 10.1 Å². The van der Waals surface area contributed by atoms with Gasteiger partial charge in [-0.05, 0) is 6.42 Å². The summed E-state index contributed by atoms with van der Waals surface area (Å²) in [5.74, 6) is 0.391. The summed E-state index contributed by atoms with van der Waals surface area (Å²) in [6.07, 6.45) is 0.541. The minimum atomic E-state index is -0.413. The molecule has 17 heavy (non-hydrogen) atoms. The monoisotopic (exact) mass is 242 g/mol. The topological polar surface area (TPSA) is 93.2 Å². The van der Waals surface area contributed by atoms with Crippen LogP contribution in [0.1, 0.15) is 31.9 Å². The second kappa shape index (κ2) is 5.62. The fraction of sp³-hybridized carbons (Fsp3) is 0.700. The Morgan fingerprint density at radius 3 is 2.71 bits per heavy atom. The molecule has 1 rings (SSSR count). The lowest BCUT2D eigenvalue weighted by Gasteiger charge is -2.04. The van der Waals surface area contributed by atoms with Crippen LogP contribution in [0.25, 0.3) is 0 Å². The number of hydrogen-bond acceptors (Lipinski definition) is 5. The third kappa shape index (κ3) is 2.94. The predicted octanol–water partition coefficient (Wildman–Crippen LogP) is 1.25. The normalized spacial score (nSPS) is 10.9. The molecule has 1 heterocycles. The number of aromatic nitrogens is 2. The largest absolute Gasteiger partial charge is 0.396 e. The second-order valence-electron chi connectivity index (χ2n) is 4.12. The molecule has 7 heteroatoms. The molecule has 7 nitrogen and oxygen atoms in total. The van der Waals surface area contributed by atoms with Gasteiger partial charge in [0.25, 0.3) is 0 Å². The molecule has 0 bridgehead atoms. The quantitative estimate of drug-likeness (QED) is 0.445. The fourth-order valence-corrected chi connectivity index (χ4v) is 1.59. The van der Waals surface area contributed by atoms with E-state index < -0.39 is 4.92 Å². The Labute approximate surface area is 99.6 Å². The van der Waals surface area contributed by atoms with Crippen LogP contribution in [0.2, 0.25) is 0 Å². The van der Waals surface area contributed by atoms with Gasteiger partial charge >= 0.3 is 5.69 Å². The summed E-state index contributed by atoms with van der Waals surface area (Å²) in [5.41, 5.74) is 0.504. The molecular weight excluding hydrogens is 224 g/mol. The van der Waals surface area contributed by atoms with E-state index in [9.17, 15) is 10.1 Å². The van der Waals surface area contributed by atoms with Crippen molar-refractivity contribution in [1.82, 2.24) is 9.78 Å². The lowest BCUT2D eigenvalue weighted by molar-refractivity contribution is -0.384. The van der Waals surface area contributed by atoms with E-state index >= 15 is 0 Å². The van der Waals surface area contributed by atoms with Crippen LogP contribution in [0.4, 0.5) is 11.5 Å². The number of rotatable bonds is 6. The van der Waals surface area contributed by atoms with Crippen LogP contribution < -0.4 is 5.32 Å². The zero-order chi connectivity index (χ0) is 13.0. The van der Waals surface area contributed by atoms with Gasteiger partial charge in [0.15, 0.2) is 0 Å². The SMILES string of the molecule is CC(C)c1nn(C)c(NCCCO)c1[N+](=O)[O-]. The Kier molecular flexibility index (Phi) is 4.45. The van der Waals surface area contributed by atoms with Crippen molar-refractivity contribution in [1.29, 1.82) is 0 Å². The van der Waals surface area contributed by atoms with Crippen molar-refractivity contribution in [2.75, 3.05) is 18.5 Å². The summed E-state index contributed by atoms with van der Waals surface area (Å²) in [4.78, 5) is 10.6. The summed E-state index contributed by atoms with van der Waals surface area (Å²) in [7, 11) is 1.67. The van der Waals surface area contributed by atoms with E-state index in [1.54, 1.807) is 7.05 Å². The molecule has 0 aliphatic rings. The third-order valence-corrected chi connectivity index (χ3v) is 2.41. The highest BCUT2D eigenvalue weighted by Crippen LogP contribution is 2.32. The number of nitro groups is 1. The van der Waals surface area contributed by atoms with Gasteiger partial charge in [-0.25, -0.2) is 4.68 Å². The van der Waals surface area contributed by atoms with Crippen molar-refractivity contribution < 1.29 is 10.0 Å². The first-order valence-electron chi connectivity index (χ1n) is 5.55. The maximum atomic E-state index is 11.1. The van der Waals surface area contributed by atoms with Crippen LogP contribution in [0.3, 0.4) is 0 Å². The minimum Gasteiger partial charge on any atom is -0.396 e. The fourth-order valence-electron chi connectivity index (χ4n) is 1.59. The Bertz CT molecular complexity index is 401. The lowest BCUT2D eigenvalue weighted by atomic mass is 10.1. The molecule has 0 unspecified atom stereocenters. The Morgan fingerprint density at radius 1 is 1.59 bits per heavy atom. The average molecular weight is 242 g/mol. The molecular formula is C10H18N4O3. The zero-order valence-electron chi connectivity index (χ0n) is 10.3.